The van der Waals surface area contributed by atoms with Crippen molar-refractivity contribution in [2.45, 2.75) is 19.4 Å². The van der Waals surface area contributed by atoms with Crippen molar-refractivity contribution in [1.29, 1.82) is 0 Å². The number of hydrogen-bond donors (Lipinski definition) is 1. The average Bonchev–Trinajstić information content (AvgIpc) is 2.27. The molecule has 17 heavy (non-hydrogen) atoms. The highest BCUT2D eigenvalue weighted by Gasteiger charge is 2.30. The normalized spacial score (nSPS) is 16.5. The van der Waals surface area contributed by atoms with Gasteiger partial charge in [0.05, 0.1) is 19.3 Å². The molecule has 0 saturated carbocycles. The van der Waals surface area contributed by atoms with Crippen molar-refractivity contribution >= 4 is 23.3 Å². The molecular formula is C12H14ClNO3. The lowest BCUT2D eigenvalue weighted by atomic mass is 10.0. The Labute approximate surface area is 105 Å². The molecule has 1 aromatic carbocycles. The summed E-state index contributed by atoms with van der Waals surface area (Å²) < 4.78 is 10.5. The average molecular weight is 256 g/mol. The first-order chi connectivity index (χ1) is 7.93. The fourth-order valence-corrected chi connectivity index (χ4v) is 1.94. The van der Waals surface area contributed by atoms with Crippen LogP contribution < -0.4 is 10.1 Å². The number of methoxy groups -OCH3 is 1. The third-order valence-electron chi connectivity index (χ3n) is 2.54. The molecule has 0 bridgehead atoms. The van der Waals surface area contributed by atoms with Gasteiger partial charge in [0.25, 0.3) is 0 Å². The summed E-state index contributed by atoms with van der Waals surface area (Å²) in [6.45, 7) is 4.54. The first kappa shape index (κ1) is 12.0. The number of rotatable bonds is 1. The zero-order valence-electron chi connectivity index (χ0n) is 9.96. The highest BCUT2D eigenvalue weighted by atomic mass is 35.5. The molecule has 5 heteroatoms. The first-order valence-corrected chi connectivity index (χ1v) is 5.65. The highest BCUT2D eigenvalue weighted by molar-refractivity contribution is 6.31. The molecule has 1 aliphatic heterocycles. The molecule has 0 spiro atoms. The number of carbonyl (C=O) groups excluding carboxylic acids is 1. The van der Waals surface area contributed by atoms with Crippen LogP contribution in [0.15, 0.2) is 12.1 Å². The molecule has 2 rings (SSSR count). The molecule has 1 aliphatic rings. The lowest BCUT2D eigenvalue weighted by Gasteiger charge is -2.34. The third kappa shape index (κ3) is 2.31. The van der Waals surface area contributed by atoms with Crippen LogP contribution >= 0.6 is 11.6 Å². The summed E-state index contributed by atoms with van der Waals surface area (Å²) in [4.78, 5) is 11.7. The van der Waals surface area contributed by atoms with Gasteiger partial charge in [0, 0.05) is 5.02 Å². The maximum atomic E-state index is 11.7. The number of carbonyl (C=O) groups is 1. The maximum absolute atomic E-state index is 11.7. The van der Waals surface area contributed by atoms with Gasteiger partial charge in [0.1, 0.15) is 11.2 Å². The van der Waals surface area contributed by atoms with Crippen molar-refractivity contribution < 1.29 is 14.3 Å². The van der Waals surface area contributed by atoms with Crippen molar-refractivity contribution in [1.82, 2.24) is 0 Å². The van der Waals surface area contributed by atoms with E-state index >= 15 is 0 Å². The van der Waals surface area contributed by atoms with Crippen molar-refractivity contribution in [2.24, 2.45) is 0 Å². The van der Waals surface area contributed by atoms with Gasteiger partial charge in [0.15, 0.2) is 5.75 Å². The first-order valence-electron chi connectivity index (χ1n) is 5.28. The Morgan fingerprint density at radius 2 is 2.24 bits per heavy atom. The van der Waals surface area contributed by atoms with Crippen LogP contribution in [0.2, 0.25) is 5.02 Å². The van der Waals surface area contributed by atoms with Gasteiger partial charge in [-0.3, -0.25) is 0 Å². The number of benzene rings is 1. The number of anilines is 1. The predicted octanol–water partition coefficient (Wildman–Crippen LogP) is 2.71. The summed E-state index contributed by atoms with van der Waals surface area (Å²) >= 11 is 5.95. The fourth-order valence-electron chi connectivity index (χ4n) is 1.72. The molecule has 0 atom stereocenters. The molecule has 0 fully saturated rings. The summed E-state index contributed by atoms with van der Waals surface area (Å²) in [5.41, 5.74) is 0.691. The van der Waals surface area contributed by atoms with Gasteiger partial charge >= 0.3 is 5.97 Å². The van der Waals surface area contributed by atoms with Crippen molar-refractivity contribution in [3.63, 3.8) is 0 Å². The summed E-state index contributed by atoms with van der Waals surface area (Å²) in [5, 5.41) is 3.67. The highest BCUT2D eigenvalue weighted by Crippen LogP contribution is 2.38. The lowest BCUT2D eigenvalue weighted by Crippen LogP contribution is -2.40. The van der Waals surface area contributed by atoms with Crippen molar-refractivity contribution in [3.8, 4) is 5.75 Å². The summed E-state index contributed by atoms with van der Waals surface area (Å²) in [7, 11) is 1.33. The number of halogens is 1. The quantitative estimate of drug-likeness (QED) is 0.784. The van der Waals surface area contributed by atoms with E-state index in [4.69, 9.17) is 21.1 Å². The van der Waals surface area contributed by atoms with E-state index in [1.165, 1.54) is 7.11 Å². The zero-order valence-corrected chi connectivity index (χ0v) is 10.7. The van der Waals surface area contributed by atoms with Gasteiger partial charge in [-0.15, -0.1) is 0 Å². The second kappa shape index (κ2) is 4.11. The molecule has 0 aliphatic carbocycles. The SMILES string of the molecule is COC(=O)c1cc(Cl)cc2c1OC(C)(C)CN2. The van der Waals surface area contributed by atoms with Gasteiger partial charge in [-0.2, -0.15) is 0 Å². The molecule has 1 heterocycles. The van der Waals surface area contributed by atoms with E-state index < -0.39 is 5.97 Å². The molecule has 0 unspecified atom stereocenters. The second-order valence-electron chi connectivity index (χ2n) is 4.54. The number of esters is 1. The van der Waals surface area contributed by atoms with Crippen LogP contribution in [0.4, 0.5) is 5.69 Å². The number of hydrogen-bond acceptors (Lipinski definition) is 4. The van der Waals surface area contributed by atoms with Gasteiger partial charge in [-0.25, -0.2) is 4.79 Å². The van der Waals surface area contributed by atoms with E-state index in [2.05, 4.69) is 5.32 Å². The van der Waals surface area contributed by atoms with E-state index in [0.717, 1.165) is 5.69 Å². The summed E-state index contributed by atoms with van der Waals surface area (Å²) in [6, 6.07) is 3.29. The standard InChI is InChI=1S/C12H14ClNO3/c1-12(2)6-14-9-5-7(13)4-8(10(9)17-12)11(15)16-3/h4-5,14H,6H2,1-3H3. The van der Waals surface area contributed by atoms with Gasteiger partial charge in [-0.05, 0) is 26.0 Å². The van der Waals surface area contributed by atoms with Gasteiger partial charge in [-0.1, -0.05) is 11.6 Å². The Morgan fingerprint density at radius 1 is 1.53 bits per heavy atom. The van der Waals surface area contributed by atoms with E-state index in [0.29, 0.717) is 22.9 Å². The second-order valence-corrected chi connectivity index (χ2v) is 4.97. The van der Waals surface area contributed by atoms with Crippen molar-refractivity contribution in [3.05, 3.63) is 22.7 Å². The van der Waals surface area contributed by atoms with Crippen LogP contribution in [0.25, 0.3) is 0 Å². The molecule has 0 radical (unpaired) electrons. The van der Waals surface area contributed by atoms with Crippen LogP contribution in [0.1, 0.15) is 24.2 Å². The lowest BCUT2D eigenvalue weighted by molar-refractivity contribution is 0.0582. The molecule has 0 amide bonds. The van der Waals surface area contributed by atoms with Gasteiger partial charge in [0.2, 0.25) is 0 Å². The number of fused-ring (bicyclic) bond motifs is 1. The minimum absolute atomic E-state index is 0.343. The van der Waals surface area contributed by atoms with Crippen LogP contribution in [-0.2, 0) is 4.74 Å². The minimum Gasteiger partial charge on any atom is -0.483 e. The largest absolute Gasteiger partial charge is 0.483 e. The molecule has 1 N–H and O–H groups in total. The summed E-state index contributed by atoms with van der Waals surface area (Å²) in [5.74, 6) is 0.0424. The van der Waals surface area contributed by atoms with E-state index in [1.807, 2.05) is 13.8 Å². The summed E-state index contributed by atoms with van der Waals surface area (Å²) in [6.07, 6.45) is 0. The molecule has 92 valence electrons. The topological polar surface area (TPSA) is 47.6 Å². The molecule has 1 aromatic rings. The van der Waals surface area contributed by atoms with Crippen molar-refractivity contribution in [2.75, 3.05) is 19.0 Å². The van der Waals surface area contributed by atoms with E-state index in [1.54, 1.807) is 12.1 Å². The van der Waals surface area contributed by atoms with E-state index in [9.17, 15) is 4.79 Å². The minimum atomic E-state index is -0.455. The zero-order chi connectivity index (χ0) is 12.6. The Balaban J connectivity index is 2.53. The van der Waals surface area contributed by atoms with Crippen LogP contribution in [0, 0.1) is 0 Å². The van der Waals surface area contributed by atoms with E-state index in [-0.39, 0.29) is 5.60 Å². The van der Waals surface area contributed by atoms with Gasteiger partial charge < -0.3 is 14.8 Å². The molecule has 0 aromatic heterocycles. The Bertz CT molecular complexity index is 471. The van der Waals surface area contributed by atoms with Crippen LogP contribution in [0.3, 0.4) is 0 Å². The fraction of sp³-hybridized carbons (Fsp3) is 0.417. The smallest absolute Gasteiger partial charge is 0.341 e. The monoisotopic (exact) mass is 255 g/mol. The Hall–Kier alpha value is -1.42. The maximum Gasteiger partial charge on any atom is 0.341 e. The Morgan fingerprint density at radius 3 is 2.88 bits per heavy atom. The predicted molar refractivity (Wildman–Crippen MR) is 66.0 cm³/mol. The van der Waals surface area contributed by atoms with Crippen LogP contribution in [0.5, 0.6) is 5.75 Å². The number of nitrogens with one attached hydrogen (secondary N) is 1. The molecular weight excluding hydrogens is 242 g/mol. The molecule has 4 nitrogen and oxygen atoms in total. The van der Waals surface area contributed by atoms with Crippen LogP contribution in [-0.4, -0.2) is 25.2 Å². The Kier molecular flexibility index (Phi) is 2.91. The third-order valence-corrected chi connectivity index (χ3v) is 2.76. The number of ether oxygens (including phenoxy) is 2. The molecule has 0 saturated heterocycles.